The Morgan fingerprint density at radius 1 is 1.24 bits per heavy atom. The highest BCUT2D eigenvalue weighted by Gasteiger charge is 2.17. The molecular formula is C16H22N4O. The summed E-state index contributed by atoms with van der Waals surface area (Å²) in [5.41, 5.74) is 4.47. The maximum atomic E-state index is 12.1. The van der Waals surface area contributed by atoms with E-state index in [4.69, 9.17) is 0 Å². The van der Waals surface area contributed by atoms with E-state index in [9.17, 15) is 4.79 Å². The van der Waals surface area contributed by atoms with E-state index in [2.05, 4.69) is 43.3 Å². The lowest BCUT2D eigenvalue weighted by molar-refractivity contribution is 0.0943. The van der Waals surface area contributed by atoms with Crippen molar-refractivity contribution in [2.45, 2.75) is 34.6 Å². The molecule has 0 spiro atoms. The topological polar surface area (TPSA) is 59.8 Å². The summed E-state index contributed by atoms with van der Waals surface area (Å²) in [6.45, 7) is 10.7. The number of hydrogen-bond acceptors (Lipinski definition) is 3. The number of carbonyl (C=O) groups is 1. The molecule has 0 bridgehead atoms. The van der Waals surface area contributed by atoms with Gasteiger partial charge in [-0.3, -0.25) is 4.79 Å². The van der Waals surface area contributed by atoms with Crippen LogP contribution in [0.4, 0.5) is 0 Å². The Hall–Kier alpha value is -2.17. The van der Waals surface area contributed by atoms with E-state index in [1.807, 2.05) is 25.1 Å². The Bertz CT molecular complexity index is 658. The SMILES string of the molecule is Cc1ccc(-n2nnc(C(=O)NCC(C)C)c2C)cc1C. The lowest BCUT2D eigenvalue weighted by Gasteiger charge is -2.08. The normalized spacial score (nSPS) is 11.0. The van der Waals surface area contributed by atoms with Crippen molar-refractivity contribution >= 4 is 5.91 Å². The zero-order valence-electron chi connectivity index (χ0n) is 13.3. The van der Waals surface area contributed by atoms with E-state index in [1.54, 1.807) is 4.68 Å². The van der Waals surface area contributed by atoms with E-state index in [0.717, 1.165) is 11.4 Å². The quantitative estimate of drug-likeness (QED) is 0.939. The second-order valence-electron chi connectivity index (χ2n) is 5.81. The van der Waals surface area contributed by atoms with Crippen molar-refractivity contribution in [2.75, 3.05) is 6.54 Å². The zero-order valence-corrected chi connectivity index (χ0v) is 13.3. The highest BCUT2D eigenvalue weighted by atomic mass is 16.2. The second kappa shape index (κ2) is 6.08. The molecule has 5 heteroatoms. The molecule has 1 amide bonds. The first-order chi connectivity index (χ1) is 9.90. The first-order valence-corrected chi connectivity index (χ1v) is 7.18. The molecule has 0 aliphatic carbocycles. The fraction of sp³-hybridized carbons (Fsp3) is 0.438. The first-order valence-electron chi connectivity index (χ1n) is 7.18. The summed E-state index contributed by atoms with van der Waals surface area (Å²) in [6, 6.07) is 6.08. The number of benzene rings is 1. The second-order valence-corrected chi connectivity index (χ2v) is 5.81. The summed E-state index contributed by atoms with van der Waals surface area (Å²) in [5.74, 6) is 0.236. The minimum absolute atomic E-state index is 0.170. The van der Waals surface area contributed by atoms with Gasteiger partial charge in [0, 0.05) is 6.54 Å². The van der Waals surface area contributed by atoms with Gasteiger partial charge in [0.2, 0.25) is 0 Å². The van der Waals surface area contributed by atoms with Crippen molar-refractivity contribution in [1.82, 2.24) is 20.3 Å². The molecule has 1 N–H and O–H groups in total. The van der Waals surface area contributed by atoms with E-state index in [0.29, 0.717) is 18.2 Å². The van der Waals surface area contributed by atoms with Gasteiger partial charge in [-0.1, -0.05) is 25.1 Å². The van der Waals surface area contributed by atoms with E-state index < -0.39 is 0 Å². The van der Waals surface area contributed by atoms with Crippen LogP contribution in [0.5, 0.6) is 0 Å². The maximum Gasteiger partial charge on any atom is 0.273 e. The number of amides is 1. The average Bonchev–Trinajstić information content (AvgIpc) is 2.81. The van der Waals surface area contributed by atoms with Crippen LogP contribution in [0.3, 0.4) is 0 Å². The van der Waals surface area contributed by atoms with Crippen molar-refractivity contribution in [3.8, 4) is 5.69 Å². The molecule has 0 aliphatic heterocycles. The number of aryl methyl sites for hydroxylation is 2. The number of nitrogens with zero attached hydrogens (tertiary/aromatic N) is 3. The van der Waals surface area contributed by atoms with Crippen LogP contribution in [0.2, 0.25) is 0 Å². The van der Waals surface area contributed by atoms with Gasteiger partial charge in [0.05, 0.1) is 11.4 Å². The number of nitrogens with one attached hydrogen (secondary N) is 1. The van der Waals surface area contributed by atoms with Gasteiger partial charge in [-0.2, -0.15) is 0 Å². The number of hydrogen-bond donors (Lipinski definition) is 1. The molecule has 0 atom stereocenters. The lowest BCUT2D eigenvalue weighted by Crippen LogP contribution is -2.28. The van der Waals surface area contributed by atoms with Crippen molar-refractivity contribution in [1.29, 1.82) is 0 Å². The molecule has 21 heavy (non-hydrogen) atoms. The minimum Gasteiger partial charge on any atom is -0.350 e. The minimum atomic E-state index is -0.170. The Morgan fingerprint density at radius 2 is 1.95 bits per heavy atom. The highest BCUT2D eigenvalue weighted by molar-refractivity contribution is 5.93. The van der Waals surface area contributed by atoms with Crippen LogP contribution >= 0.6 is 0 Å². The van der Waals surface area contributed by atoms with Crippen LogP contribution < -0.4 is 5.32 Å². The smallest absolute Gasteiger partial charge is 0.273 e. The fourth-order valence-electron chi connectivity index (χ4n) is 2.02. The molecule has 0 aliphatic rings. The van der Waals surface area contributed by atoms with Gasteiger partial charge in [-0.25, -0.2) is 4.68 Å². The summed E-state index contributed by atoms with van der Waals surface area (Å²) >= 11 is 0. The molecule has 5 nitrogen and oxygen atoms in total. The summed E-state index contributed by atoms with van der Waals surface area (Å²) in [7, 11) is 0. The fourth-order valence-corrected chi connectivity index (χ4v) is 2.02. The van der Waals surface area contributed by atoms with E-state index in [1.165, 1.54) is 11.1 Å². The van der Waals surface area contributed by atoms with Crippen molar-refractivity contribution in [2.24, 2.45) is 5.92 Å². The molecule has 2 aromatic rings. The summed E-state index contributed by atoms with van der Waals surface area (Å²) in [4.78, 5) is 12.1. The van der Waals surface area contributed by atoms with Gasteiger partial charge >= 0.3 is 0 Å². The molecule has 1 heterocycles. The maximum absolute atomic E-state index is 12.1. The third-order valence-electron chi connectivity index (χ3n) is 3.52. The van der Waals surface area contributed by atoms with Crippen molar-refractivity contribution in [3.63, 3.8) is 0 Å². The van der Waals surface area contributed by atoms with Crippen molar-refractivity contribution < 1.29 is 4.79 Å². The molecule has 0 saturated heterocycles. The van der Waals surface area contributed by atoms with Crippen LogP contribution in [0.1, 0.15) is 41.2 Å². The predicted molar refractivity (Wildman–Crippen MR) is 82.7 cm³/mol. The van der Waals surface area contributed by atoms with E-state index in [-0.39, 0.29) is 5.91 Å². The van der Waals surface area contributed by atoms with Gasteiger partial charge in [0.1, 0.15) is 0 Å². The number of rotatable bonds is 4. The van der Waals surface area contributed by atoms with Crippen LogP contribution in [0.25, 0.3) is 5.69 Å². The van der Waals surface area contributed by atoms with Gasteiger partial charge in [0.15, 0.2) is 5.69 Å². The summed E-state index contributed by atoms with van der Waals surface area (Å²) < 4.78 is 1.71. The monoisotopic (exact) mass is 286 g/mol. The Morgan fingerprint density at radius 3 is 2.57 bits per heavy atom. The third kappa shape index (κ3) is 3.29. The Kier molecular flexibility index (Phi) is 4.40. The van der Waals surface area contributed by atoms with Gasteiger partial charge in [-0.15, -0.1) is 5.10 Å². The molecule has 1 aromatic carbocycles. The van der Waals surface area contributed by atoms with Crippen LogP contribution in [0, 0.1) is 26.7 Å². The van der Waals surface area contributed by atoms with Crippen LogP contribution in [0.15, 0.2) is 18.2 Å². The standard InChI is InChI=1S/C16H22N4O/c1-10(2)9-17-16(21)15-13(5)20(19-18-15)14-7-6-11(3)12(4)8-14/h6-8,10H,9H2,1-5H3,(H,17,21). The Balaban J connectivity index is 2.27. The Labute approximate surface area is 125 Å². The first kappa shape index (κ1) is 15.2. The lowest BCUT2D eigenvalue weighted by atomic mass is 10.1. The molecule has 0 unspecified atom stereocenters. The van der Waals surface area contributed by atoms with Crippen LogP contribution in [-0.4, -0.2) is 27.4 Å². The number of aromatic nitrogens is 3. The molecule has 112 valence electrons. The van der Waals surface area contributed by atoms with E-state index >= 15 is 0 Å². The van der Waals surface area contributed by atoms with Gasteiger partial charge in [-0.05, 0) is 49.9 Å². The molecular weight excluding hydrogens is 264 g/mol. The molecule has 0 fully saturated rings. The largest absolute Gasteiger partial charge is 0.350 e. The molecule has 1 aromatic heterocycles. The van der Waals surface area contributed by atoms with Crippen molar-refractivity contribution in [3.05, 3.63) is 40.7 Å². The van der Waals surface area contributed by atoms with Gasteiger partial charge < -0.3 is 5.32 Å². The zero-order chi connectivity index (χ0) is 15.6. The average molecular weight is 286 g/mol. The molecule has 0 radical (unpaired) electrons. The molecule has 0 saturated carbocycles. The predicted octanol–water partition coefficient (Wildman–Crippen LogP) is 2.58. The highest BCUT2D eigenvalue weighted by Crippen LogP contribution is 2.16. The third-order valence-corrected chi connectivity index (χ3v) is 3.52. The van der Waals surface area contributed by atoms with Gasteiger partial charge in [0.25, 0.3) is 5.91 Å². The van der Waals surface area contributed by atoms with Crippen LogP contribution in [-0.2, 0) is 0 Å². The molecule has 2 rings (SSSR count). The number of carbonyl (C=O) groups excluding carboxylic acids is 1. The summed E-state index contributed by atoms with van der Waals surface area (Å²) in [6.07, 6.45) is 0. The summed E-state index contributed by atoms with van der Waals surface area (Å²) in [5, 5.41) is 11.0.